The number of rotatable bonds is 2. The molecule has 112 valence electrons. The summed E-state index contributed by atoms with van der Waals surface area (Å²) in [4.78, 5) is 42.3. The van der Waals surface area contributed by atoms with Gasteiger partial charge in [-0.25, -0.2) is 0 Å². The number of fused-ring (bicyclic) bond motifs is 1. The smallest absolute Gasteiger partial charge is 0.314 e. The number of aryl methyl sites for hydroxylation is 1. The third kappa shape index (κ3) is 1.97. The van der Waals surface area contributed by atoms with E-state index in [4.69, 9.17) is 4.52 Å². The van der Waals surface area contributed by atoms with E-state index in [1.165, 1.54) is 13.0 Å². The van der Waals surface area contributed by atoms with E-state index >= 15 is 0 Å². The van der Waals surface area contributed by atoms with E-state index in [9.17, 15) is 19.7 Å². The van der Waals surface area contributed by atoms with Crippen molar-refractivity contribution < 1.29 is 9.45 Å². The van der Waals surface area contributed by atoms with Gasteiger partial charge in [0.2, 0.25) is 0 Å². The van der Waals surface area contributed by atoms with E-state index < -0.39 is 16.0 Å². The molecule has 2 N–H and O–H groups in total. The van der Waals surface area contributed by atoms with Gasteiger partial charge in [0.1, 0.15) is 0 Å². The zero-order chi connectivity index (χ0) is 16.0. The fourth-order valence-electron chi connectivity index (χ4n) is 2.20. The quantitative estimate of drug-likeness (QED) is 0.404. The van der Waals surface area contributed by atoms with E-state index in [1.807, 2.05) is 0 Å². The van der Waals surface area contributed by atoms with E-state index in [0.29, 0.717) is 5.82 Å². The summed E-state index contributed by atoms with van der Waals surface area (Å²) < 4.78 is 5.05. The lowest BCUT2D eigenvalue weighted by atomic mass is 10.0. The topological polar surface area (TPSA) is 148 Å². The van der Waals surface area contributed by atoms with E-state index in [-0.39, 0.29) is 33.7 Å². The van der Waals surface area contributed by atoms with Crippen LogP contribution < -0.4 is 11.1 Å². The number of aromatic amines is 2. The van der Waals surface area contributed by atoms with Gasteiger partial charge in [0, 0.05) is 11.6 Å². The standard InChI is InChI=1S/C12H9N5O5/c1-4-7(17(20)21)3-6-9(15-11(19)10(18)14-6)8(4)12-13-5(2)16-22-12/h3H,1-2H3,(H,14,18)(H,15,19). The van der Waals surface area contributed by atoms with Crippen LogP contribution in [-0.4, -0.2) is 25.0 Å². The molecule has 3 rings (SSSR count). The third-order valence-corrected chi connectivity index (χ3v) is 3.19. The highest BCUT2D eigenvalue weighted by molar-refractivity contribution is 5.93. The maximum absolute atomic E-state index is 11.6. The van der Waals surface area contributed by atoms with Gasteiger partial charge in [0.05, 0.1) is 21.5 Å². The molecule has 0 aliphatic heterocycles. The van der Waals surface area contributed by atoms with Gasteiger partial charge in [-0.2, -0.15) is 4.98 Å². The van der Waals surface area contributed by atoms with Gasteiger partial charge in [0.25, 0.3) is 11.6 Å². The van der Waals surface area contributed by atoms with Crippen molar-refractivity contribution in [2.75, 3.05) is 0 Å². The molecule has 2 aromatic heterocycles. The fraction of sp³-hybridized carbons (Fsp3) is 0.167. The summed E-state index contributed by atoms with van der Waals surface area (Å²) in [6.45, 7) is 3.09. The number of nitrogens with one attached hydrogen (secondary N) is 2. The second-order valence-electron chi connectivity index (χ2n) is 4.63. The molecule has 3 aromatic rings. The highest BCUT2D eigenvalue weighted by atomic mass is 16.6. The Labute approximate surface area is 121 Å². The van der Waals surface area contributed by atoms with Crippen molar-refractivity contribution in [2.24, 2.45) is 0 Å². The number of hydrogen-bond donors (Lipinski definition) is 2. The van der Waals surface area contributed by atoms with Gasteiger partial charge < -0.3 is 14.5 Å². The summed E-state index contributed by atoms with van der Waals surface area (Å²) in [6, 6.07) is 1.18. The molecule has 0 aliphatic carbocycles. The Morgan fingerprint density at radius 1 is 1.23 bits per heavy atom. The number of aromatic nitrogens is 4. The number of nitro benzene ring substituents is 1. The summed E-state index contributed by atoms with van der Waals surface area (Å²) in [6.07, 6.45) is 0. The lowest BCUT2D eigenvalue weighted by Gasteiger charge is -2.07. The lowest BCUT2D eigenvalue weighted by Crippen LogP contribution is -2.29. The second-order valence-corrected chi connectivity index (χ2v) is 4.63. The van der Waals surface area contributed by atoms with Gasteiger partial charge in [0.15, 0.2) is 5.82 Å². The Kier molecular flexibility index (Phi) is 2.87. The largest absolute Gasteiger partial charge is 0.334 e. The molecule has 22 heavy (non-hydrogen) atoms. The molecule has 2 heterocycles. The predicted molar refractivity (Wildman–Crippen MR) is 74.6 cm³/mol. The minimum absolute atomic E-state index is 0.0198. The molecule has 0 bridgehead atoms. The minimum atomic E-state index is -0.904. The normalized spacial score (nSPS) is 11.0. The molecule has 0 amide bonds. The molecule has 0 saturated carbocycles. The number of nitro groups is 1. The maximum Gasteiger partial charge on any atom is 0.314 e. The summed E-state index contributed by atoms with van der Waals surface area (Å²) in [5.74, 6) is 0.354. The monoisotopic (exact) mass is 303 g/mol. The van der Waals surface area contributed by atoms with Crippen LogP contribution in [-0.2, 0) is 0 Å². The van der Waals surface area contributed by atoms with Crippen LogP contribution in [0.1, 0.15) is 11.4 Å². The van der Waals surface area contributed by atoms with Gasteiger partial charge in [-0.05, 0) is 13.8 Å². The van der Waals surface area contributed by atoms with Crippen LogP contribution in [0.5, 0.6) is 0 Å². The first-order chi connectivity index (χ1) is 10.4. The van der Waals surface area contributed by atoms with Crippen LogP contribution in [0.3, 0.4) is 0 Å². The van der Waals surface area contributed by atoms with Crippen molar-refractivity contribution in [3.05, 3.63) is 48.3 Å². The van der Waals surface area contributed by atoms with Crippen LogP contribution in [0, 0.1) is 24.0 Å². The molecule has 0 atom stereocenters. The molecule has 0 radical (unpaired) electrons. The van der Waals surface area contributed by atoms with Crippen LogP contribution in [0.15, 0.2) is 20.2 Å². The Balaban J connectivity index is 2.53. The van der Waals surface area contributed by atoms with E-state index in [0.717, 1.165) is 0 Å². The van der Waals surface area contributed by atoms with Crippen LogP contribution in [0.2, 0.25) is 0 Å². The fourth-order valence-corrected chi connectivity index (χ4v) is 2.20. The molecule has 0 saturated heterocycles. The van der Waals surface area contributed by atoms with Crippen molar-refractivity contribution in [1.82, 2.24) is 20.1 Å². The average Bonchev–Trinajstić information content (AvgIpc) is 2.86. The highest BCUT2D eigenvalue weighted by Gasteiger charge is 2.23. The number of hydrogen-bond acceptors (Lipinski definition) is 7. The zero-order valence-corrected chi connectivity index (χ0v) is 11.5. The van der Waals surface area contributed by atoms with Crippen molar-refractivity contribution in [1.29, 1.82) is 0 Å². The summed E-state index contributed by atoms with van der Waals surface area (Å²) in [5.41, 5.74) is -1.27. The predicted octanol–water partition coefficient (Wildman–Crippen LogP) is 0.791. The molecular formula is C12H9N5O5. The SMILES string of the molecule is Cc1noc(-c2c(C)c([N+](=O)[O-])cc3[nH]c(=O)c(=O)[nH]c23)n1. The molecule has 0 spiro atoms. The van der Waals surface area contributed by atoms with Crippen LogP contribution >= 0.6 is 0 Å². The first-order valence-electron chi connectivity index (χ1n) is 6.13. The number of benzene rings is 1. The average molecular weight is 303 g/mol. The molecule has 1 aromatic carbocycles. The van der Waals surface area contributed by atoms with Gasteiger partial charge in [-0.15, -0.1) is 0 Å². The highest BCUT2D eigenvalue weighted by Crippen LogP contribution is 2.34. The Bertz CT molecular complexity index is 1030. The first-order valence-corrected chi connectivity index (χ1v) is 6.13. The van der Waals surface area contributed by atoms with Gasteiger partial charge in [-0.1, -0.05) is 5.16 Å². The summed E-state index contributed by atoms with van der Waals surface area (Å²) in [5, 5.41) is 14.8. The minimum Gasteiger partial charge on any atom is -0.334 e. The van der Waals surface area contributed by atoms with E-state index in [2.05, 4.69) is 20.1 Å². The molecule has 0 aliphatic rings. The van der Waals surface area contributed by atoms with Crippen LogP contribution in [0.4, 0.5) is 5.69 Å². The zero-order valence-electron chi connectivity index (χ0n) is 11.5. The van der Waals surface area contributed by atoms with Crippen molar-refractivity contribution in [3.63, 3.8) is 0 Å². The molecule has 10 heteroatoms. The third-order valence-electron chi connectivity index (χ3n) is 3.19. The van der Waals surface area contributed by atoms with Crippen molar-refractivity contribution in [2.45, 2.75) is 13.8 Å². The summed E-state index contributed by atoms with van der Waals surface area (Å²) >= 11 is 0. The van der Waals surface area contributed by atoms with Crippen molar-refractivity contribution >= 4 is 16.7 Å². The molecule has 0 unspecified atom stereocenters. The Morgan fingerprint density at radius 2 is 1.91 bits per heavy atom. The van der Waals surface area contributed by atoms with Crippen molar-refractivity contribution in [3.8, 4) is 11.5 Å². The summed E-state index contributed by atoms with van der Waals surface area (Å²) in [7, 11) is 0. The Morgan fingerprint density at radius 3 is 2.50 bits per heavy atom. The molecule has 0 fully saturated rings. The van der Waals surface area contributed by atoms with E-state index in [1.54, 1.807) is 6.92 Å². The van der Waals surface area contributed by atoms with Gasteiger partial charge in [-0.3, -0.25) is 19.7 Å². The maximum atomic E-state index is 11.6. The Hall–Kier alpha value is -3.30. The number of H-pyrrole nitrogens is 2. The second kappa shape index (κ2) is 4.62. The first kappa shape index (κ1) is 13.7. The number of nitrogens with zero attached hydrogens (tertiary/aromatic N) is 3. The molecular weight excluding hydrogens is 294 g/mol. The molecule has 10 nitrogen and oxygen atoms in total. The van der Waals surface area contributed by atoms with Gasteiger partial charge >= 0.3 is 11.1 Å². The lowest BCUT2D eigenvalue weighted by molar-refractivity contribution is -0.385. The van der Waals surface area contributed by atoms with Crippen LogP contribution in [0.25, 0.3) is 22.5 Å².